The molecule has 0 saturated carbocycles. The van der Waals surface area contributed by atoms with Crippen LogP contribution in [0.3, 0.4) is 0 Å². The maximum absolute atomic E-state index is 11.7. The van der Waals surface area contributed by atoms with Crippen LogP contribution in [0.5, 0.6) is 0 Å². The van der Waals surface area contributed by atoms with E-state index in [0.29, 0.717) is 16.1 Å². The van der Waals surface area contributed by atoms with E-state index in [9.17, 15) is 9.59 Å². The van der Waals surface area contributed by atoms with Crippen LogP contribution in [0.1, 0.15) is 20.7 Å². The molecule has 5 nitrogen and oxygen atoms in total. The number of aromatic nitrogens is 1. The van der Waals surface area contributed by atoms with Crippen molar-refractivity contribution in [1.82, 2.24) is 15.8 Å². The Bertz CT molecular complexity index is 602. The van der Waals surface area contributed by atoms with Crippen molar-refractivity contribution in [1.29, 1.82) is 0 Å². The molecule has 2 amide bonds. The summed E-state index contributed by atoms with van der Waals surface area (Å²) in [5.74, 6) is -0.859. The van der Waals surface area contributed by atoms with E-state index < -0.39 is 11.8 Å². The predicted molar refractivity (Wildman–Crippen MR) is 70.6 cm³/mol. The zero-order valence-electron chi connectivity index (χ0n) is 9.76. The molecule has 0 fully saturated rings. The third-order valence-electron chi connectivity index (χ3n) is 2.32. The van der Waals surface area contributed by atoms with Crippen LogP contribution in [0.25, 0.3) is 0 Å². The van der Waals surface area contributed by atoms with Gasteiger partial charge in [-0.1, -0.05) is 17.7 Å². The third-order valence-corrected chi connectivity index (χ3v) is 2.55. The molecule has 1 aromatic heterocycles. The molecule has 0 atom stereocenters. The quantitative estimate of drug-likeness (QED) is 0.821. The summed E-state index contributed by atoms with van der Waals surface area (Å²) in [7, 11) is 0. The third kappa shape index (κ3) is 3.53. The highest BCUT2D eigenvalue weighted by Gasteiger charge is 2.08. The molecule has 2 rings (SSSR count). The van der Waals surface area contributed by atoms with Crippen molar-refractivity contribution in [2.45, 2.75) is 0 Å². The standard InChI is InChI=1S/C13H10ClN3O2/c14-11-3-1-2-10(8-11)13(19)17-16-12(18)9-4-6-15-7-5-9/h1-8H,(H,16,18)(H,17,19). The first kappa shape index (κ1) is 13.0. The van der Waals surface area contributed by atoms with Crippen LogP contribution in [-0.2, 0) is 0 Å². The lowest BCUT2D eigenvalue weighted by atomic mass is 10.2. The number of amides is 2. The van der Waals surface area contributed by atoms with Gasteiger partial charge in [0.25, 0.3) is 11.8 Å². The lowest BCUT2D eigenvalue weighted by Gasteiger charge is -2.07. The molecule has 0 aliphatic rings. The average molecular weight is 276 g/mol. The lowest BCUT2D eigenvalue weighted by Crippen LogP contribution is -2.41. The van der Waals surface area contributed by atoms with Crippen LogP contribution < -0.4 is 10.9 Å². The summed E-state index contributed by atoms with van der Waals surface area (Å²) in [6.45, 7) is 0. The number of hydrogen-bond acceptors (Lipinski definition) is 3. The van der Waals surface area contributed by atoms with E-state index in [2.05, 4.69) is 15.8 Å². The zero-order valence-corrected chi connectivity index (χ0v) is 10.5. The molecule has 0 aliphatic carbocycles. The summed E-state index contributed by atoms with van der Waals surface area (Å²) in [6, 6.07) is 9.51. The van der Waals surface area contributed by atoms with Crippen molar-refractivity contribution in [3.8, 4) is 0 Å². The monoisotopic (exact) mass is 275 g/mol. The summed E-state index contributed by atoms with van der Waals surface area (Å²) in [5, 5.41) is 0.452. The van der Waals surface area contributed by atoms with Gasteiger partial charge in [-0.3, -0.25) is 25.4 Å². The topological polar surface area (TPSA) is 71.1 Å². The lowest BCUT2D eigenvalue weighted by molar-refractivity contribution is 0.0846. The first-order chi connectivity index (χ1) is 9.16. The summed E-state index contributed by atoms with van der Waals surface area (Å²) in [4.78, 5) is 27.2. The fourth-order valence-electron chi connectivity index (χ4n) is 1.39. The largest absolute Gasteiger partial charge is 0.269 e. The molecule has 0 saturated heterocycles. The van der Waals surface area contributed by atoms with E-state index in [1.807, 2.05) is 0 Å². The number of hydrazine groups is 1. The fraction of sp³-hybridized carbons (Fsp3) is 0. The Kier molecular flexibility index (Phi) is 4.10. The number of hydrogen-bond donors (Lipinski definition) is 2. The number of carbonyl (C=O) groups excluding carboxylic acids is 2. The number of nitrogens with zero attached hydrogens (tertiary/aromatic N) is 1. The second-order valence-corrected chi connectivity index (χ2v) is 4.09. The SMILES string of the molecule is O=C(NNC(=O)c1cccc(Cl)c1)c1ccncc1. The van der Waals surface area contributed by atoms with Gasteiger partial charge in [-0.2, -0.15) is 0 Å². The Morgan fingerprint density at radius 2 is 1.58 bits per heavy atom. The minimum absolute atomic E-state index is 0.363. The molecule has 2 N–H and O–H groups in total. The van der Waals surface area contributed by atoms with E-state index in [1.54, 1.807) is 30.3 Å². The molecule has 19 heavy (non-hydrogen) atoms. The number of halogens is 1. The molecule has 1 aromatic carbocycles. The van der Waals surface area contributed by atoms with Crippen molar-refractivity contribution in [2.24, 2.45) is 0 Å². The first-order valence-electron chi connectivity index (χ1n) is 5.43. The molecule has 0 bridgehead atoms. The van der Waals surface area contributed by atoms with Gasteiger partial charge >= 0.3 is 0 Å². The second-order valence-electron chi connectivity index (χ2n) is 3.65. The van der Waals surface area contributed by atoms with Crippen molar-refractivity contribution in [3.05, 3.63) is 64.9 Å². The van der Waals surface area contributed by atoms with Crippen LogP contribution in [0, 0.1) is 0 Å². The van der Waals surface area contributed by atoms with Gasteiger partial charge in [-0.05, 0) is 30.3 Å². The predicted octanol–water partition coefficient (Wildman–Crippen LogP) is 1.81. The van der Waals surface area contributed by atoms with Gasteiger partial charge in [0, 0.05) is 28.5 Å². The fourth-order valence-corrected chi connectivity index (χ4v) is 1.58. The van der Waals surface area contributed by atoms with E-state index in [-0.39, 0.29) is 0 Å². The van der Waals surface area contributed by atoms with Gasteiger partial charge in [-0.25, -0.2) is 0 Å². The molecule has 0 aliphatic heterocycles. The minimum Gasteiger partial charge on any atom is -0.267 e. The highest BCUT2D eigenvalue weighted by atomic mass is 35.5. The highest BCUT2D eigenvalue weighted by Crippen LogP contribution is 2.10. The van der Waals surface area contributed by atoms with Gasteiger partial charge < -0.3 is 0 Å². The van der Waals surface area contributed by atoms with E-state index >= 15 is 0 Å². The Morgan fingerprint density at radius 3 is 2.21 bits per heavy atom. The molecule has 0 unspecified atom stereocenters. The normalized spacial score (nSPS) is 9.74. The number of benzene rings is 1. The van der Waals surface area contributed by atoms with Crippen molar-refractivity contribution >= 4 is 23.4 Å². The second kappa shape index (κ2) is 5.97. The zero-order chi connectivity index (χ0) is 13.7. The average Bonchev–Trinajstić information content (AvgIpc) is 2.45. The van der Waals surface area contributed by atoms with Gasteiger partial charge in [0.05, 0.1) is 0 Å². The van der Waals surface area contributed by atoms with Gasteiger partial charge in [0.2, 0.25) is 0 Å². The Balaban J connectivity index is 1.96. The maximum atomic E-state index is 11.7. The van der Waals surface area contributed by atoms with E-state index in [0.717, 1.165) is 0 Å². The molecular weight excluding hydrogens is 266 g/mol. The van der Waals surface area contributed by atoms with Gasteiger partial charge in [-0.15, -0.1) is 0 Å². The summed E-state index contributed by atoms with van der Waals surface area (Å²) < 4.78 is 0. The Labute approximate surface area is 114 Å². The van der Waals surface area contributed by atoms with Crippen molar-refractivity contribution in [3.63, 3.8) is 0 Å². The number of rotatable bonds is 2. The van der Waals surface area contributed by atoms with Crippen LogP contribution in [0.4, 0.5) is 0 Å². The van der Waals surface area contributed by atoms with Crippen LogP contribution in [0.2, 0.25) is 5.02 Å². The number of nitrogens with one attached hydrogen (secondary N) is 2. The summed E-state index contributed by atoms with van der Waals surface area (Å²) >= 11 is 5.77. The Morgan fingerprint density at radius 1 is 0.947 bits per heavy atom. The smallest absolute Gasteiger partial charge is 0.267 e. The molecule has 96 valence electrons. The van der Waals surface area contributed by atoms with E-state index in [1.165, 1.54) is 18.5 Å². The highest BCUT2D eigenvalue weighted by molar-refractivity contribution is 6.30. The molecule has 0 spiro atoms. The van der Waals surface area contributed by atoms with Crippen molar-refractivity contribution < 1.29 is 9.59 Å². The van der Waals surface area contributed by atoms with Gasteiger partial charge in [0.1, 0.15) is 0 Å². The van der Waals surface area contributed by atoms with E-state index in [4.69, 9.17) is 11.6 Å². The summed E-state index contributed by atoms with van der Waals surface area (Å²) in [6.07, 6.45) is 2.99. The van der Waals surface area contributed by atoms with Crippen molar-refractivity contribution in [2.75, 3.05) is 0 Å². The molecular formula is C13H10ClN3O2. The number of pyridine rings is 1. The molecule has 2 aromatic rings. The maximum Gasteiger partial charge on any atom is 0.269 e. The molecule has 0 radical (unpaired) electrons. The summed E-state index contributed by atoms with van der Waals surface area (Å²) in [5.41, 5.74) is 5.38. The van der Waals surface area contributed by atoms with Gasteiger partial charge in [0.15, 0.2) is 0 Å². The molecule has 1 heterocycles. The minimum atomic E-state index is -0.440. The van der Waals surface area contributed by atoms with Crippen LogP contribution >= 0.6 is 11.6 Å². The number of carbonyl (C=O) groups is 2. The molecule has 6 heteroatoms. The first-order valence-corrected chi connectivity index (χ1v) is 5.81. The van der Waals surface area contributed by atoms with Crippen LogP contribution in [-0.4, -0.2) is 16.8 Å². The van der Waals surface area contributed by atoms with Crippen LogP contribution in [0.15, 0.2) is 48.8 Å². The Hall–Kier alpha value is -2.40.